The monoisotopic (exact) mass is 489 g/mol. The topological polar surface area (TPSA) is 45.6 Å². The Hall–Kier alpha value is -3.45. The smallest absolute Gasteiger partial charge is 0.270 e. The number of halogens is 1. The highest BCUT2D eigenvalue weighted by Crippen LogP contribution is 2.27. The van der Waals surface area contributed by atoms with Gasteiger partial charge in [-0.25, -0.2) is 4.39 Å². The Balaban J connectivity index is 1.29. The van der Waals surface area contributed by atoms with E-state index in [0.717, 1.165) is 29.6 Å². The Kier molecular flexibility index (Phi) is 6.68. The van der Waals surface area contributed by atoms with Gasteiger partial charge in [0.15, 0.2) is 0 Å². The summed E-state index contributed by atoms with van der Waals surface area (Å²) in [4.78, 5) is 31.3. The normalized spacial score (nSPS) is 16.1. The second-order valence-corrected chi connectivity index (χ2v) is 9.95. The van der Waals surface area contributed by atoms with Crippen LogP contribution in [0.25, 0.3) is 10.2 Å². The highest BCUT2D eigenvalue weighted by Gasteiger charge is 2.32. The Morgan fingerprint density at radius 1 is 1.00 bits per heavy atom. The number of carbonyl (C=O) groups is 2. The maximum absolute atomic E-state index is 13.6. The molecule has 1 aliphatic rings. The van der Waals surface area contributed by atoms with E-state index >= 15 is 0 Å². The van der Waals surface area contributed by atoms with Gasteiger partial charge in [-0.15, -0.1) is 11.3 Å². The van der Waals surface area contributed by atoms with Gasteiger partial charge >= 0.3 is 0 Å². The average molecular weight is 490 g/mol. The van der Waals surface area contributed by atoms with Crippen molar-refractivity contribution in [2.75, 3.05) is 19.6 Å². The van der Waals surface area contributed by atoms with Gasteiger partial charge in [0.05, 0.1) is 0 Å². The maximum Gasteiger partial charge on any atom is 0.270 e. The molecule has 5 rings (SSSR count). The number of carbonyl (C=O) groups excluding carboxylic acids is 2. The minimum atomic E-state index is -0.364. The minimum absolute atomic E-state index is 0.00819. The summed E-state index contributed by atoms with van der Waals surface area (Å²) in [5.74, 6) is -0.486. The molecule has 2 amide bonds. The lowest BCUT2D eigenvalue weighted by atomic mass is 10.1. The van der Waals surface area contributed by atoms with Crippen LogP contribution in [0.1, 0.15) is 39.8 Å². The molecule has 3 heterocycles. The predicted octanol–water partition coefficient (Wildman–Crippen LogP) is 5.46. The molecule has 2 aromatic heterocycles. The third kappa shape index (κ3) is 4.86. The summed E-state index contributed by atoms with van der Waals surface area (Å²) in [6.45, 7) is 4.12. The number of fused-ring (bicyclic) bond motifs is 1. The molecular formula is C28H28FN3O2S. The van der Waals surface area contributed by atoms with Gasteiger partial charge in [-0.05, 0) is 67.1 Å². The molecule has 1 fully saturated rings. The van der Waals surface area contributed by atoms with Crippen LogP contribution in [0.15, 0.2) is 72.1 Å². The van der Waals surface area contributed by atoms with Crippen LogP contribution < -0.4 is 0 Å². The number of aryl methyl sites for hydroxylation is 2. The number of amides is 2. The lowest BCUT2D eigenvalue weighted by molar-refractivity contribution is 0.0409. The van der Waals surface area contributed by atoms with E-state index in [0.29, 0.717) is 30.9 Å². The first kappa shape index (κ1) is 23.3. The summed E-state index contributed by atoms with van der Waals surface area (Å²) in [7, 11) is 0. The van der Waals surface area contributed by atoms with Crippen molar-refractivity contribution in [2.45, 2.75) is 32.4 Å². The summed E-state index contributed by atoms with van der Waals surface area (Å²) in [5.41, 5.74) is 2.47. The van der Waals surface area contributed by atoms with Gasteiger partial charge in [0.1, 0.15) is 16.3 Å². The molecule has 1 atom stereocenters. The molecule has 180 valence electrons. The quantitative estimate of drug-likeness (QED) is 0.361. The summed E-state index contributed by atoms with van der Waals surface area (Å²) in [5, 5.41) is 3.16. The summed E-state index contributed by atoms with van der Waals surface area (Å²) in [6, 6.07) is 20.0. The zero-order chi connectivity index (χ0) is 24.4. The van der Waals surface area contributed by atoms with Gasteiger partial charge in [-0.2, -0.15) is 0 Å². The SMILES string of the molecule is CC1CN(C(=O)c2cc3ccsc3n2CCCc2ccccc2)CCN1C(=O)c1ccc(F)cc1. The summed E-state index contributed by atoms with van der Waals surface area (Å²) in [6.07, 6.45) is 1.91. The fourth-order valence-electron chi connectivity index (χ4n) is 4.82. The molecule has 35 heavy (non-hydrogen) atoms. The number of benzene rings is 2. The highest BCUT2D eigenvalue weighted by atomic mass is 32.1. The molecular weight excluding hydrogens is 461 g/mol. The average Bonchev–Trinajstić information content (AvgIpc) is 3.47. The number of rotatable bonds is 6. The molecule has 0 aliphatic carbocycles. The summed E-state index contributed by atoms with van der Waals surface area (Å²) >= 11 is 1.66. The highest BCUT2D eigenvalue weighted by molar-refractivity contribution is 7.16. The van der Waals surface area contributed by atoms with Crippen molar-refractivity contribution >= 4 is 33.4 Å². The Morgan fingerprint density at radius 3 is 2.51 bits per heavy atom. The molecule has 5 nitrogen and oxygen atoms in total. The van der Waals surface area contributed by atoms with E-state index in [1.807, 2.05) is 24.0 Å². The van der Waals surface area contributed by atoms with Crippen LogP contribution in [-0.2, 0) is 13.0 Å². The van der Waals surface area contributed by atoms with E-state index in [1.165, 1.54) is 29.8 Å². The molecule has 2 aromatic carbocycles. The van der Waals surface area contributed by atoms with Gasteiger partial charge in [-0.1, -0.05) is 30.3 Å². The fraction of sp³-hybridized carbons (Fsp3) is 0.286. The van der Waals surface area contributed by atoms with Crippen LogP contribution in [0.3, 0.4) is 0 Å². The zero-order valence-electron chi connectivity index (χ0n) is 19.7. The van der Waals surface area contributed by atoms with Crippen LogP contribution in [0.2, 0.25) is 0 Å². The lowest BCUT2D eigenvalue weighted by Gasteiger charge is -2.40. The molecule has 7 heteroatoms. The van der Waals surface area contributed by atoms with Crippen molar-refractivity contribution < 1.29 is 14.0 Å². The van der Waals surface area contributed by atoms with Crippen molar-refractivity contribution in [1.29, 1.82) is 0 Å². The Morgan fingerprint density at radius 2 is 1.77 bits per heavy atom. The van der Waals surface area contributed by atoms with Crippen LogP contribution >= 0.6 is 11.3 Å². The second kappa shape index (κ2) is 10.0. The largest absolute Gasteiger partial charge is 0.334 e. The Labute approximate surface area is 208 Å². The van der Waals surface area contributed by atoms with E-state index in [2.05, 4.69) is 40.3 Å². The van der Waals surface area contributed by atoms with Crippen LogP contribution in [0.4, 0.5) is 4.39 Å². The molecule has 0 N–H and O–H groups in total. The van der Waals surface area contributed by atoms with E-state index in [-0.39, 0.29) is 23.7 Å². The van der Waals surface area contributed by atoms with Gasteiger partial charge in [0.2, 0.25) is 0 Å². The van der Waals surface area contributed by atoms with Gasteiger partial charge in [-0.3, -0.25) is 9.59 Å². The molecule has 0 bridgehead atoms. The maximum atomic E-state index is 13.6. The van der Waals surface area contributed by atoms with Gasteiger partial charge < -0.3 is 14.4 Å². The number of aromatic nitrogens is 1. The van der Waals surface area contributed by atoms with E-state index < -0.39 is 0 Å². The zero-order valence-corrected chi connectivity index (χ0v) is 20.5. The first-order valence-corrected chi connectivity index (χ1v) is 12.9. The van der Waals surface area contributed by atoms with Crippen molar-refractivity contribution in [2.24, 2.45) is 0 Å². The van der Waals surface area contributed by atoms with Crippen molar-refractivity contribution in [3.8, 4) is 0 Å². The lowest BCUT2D eigenvalue weighted by Crippen LogP contribution is -2.55. The van der Waals surface area contributed by atoms with Gasteiger partial charge in [0.25, 0.3) is 11.8 Å². The van der Waals surface area contributed by atoms with Crippen molar-refractivity contribution in [3.05, 3.63) is 94.7 Å². The van der Waals surface area contributed by atoms with Crippen LogP contribution in [-0.4, -0.2) is 51.9 Å². The van der Waals surface area contributed by atoms with Crippen molar-refractivity contribution in [3.63, 3.8) is 0 Å². The third-order valence-corrected chi connectivity index (χ3v) is 7.63. The molecule has 1 saturated heterocycles. The number of thiophene rings is 1. The molecule has 1 unspecified atom stereocenters. The van der Waals surface area contributed by atoms with Gasteiger partial charge in [0, 0.05) is 43.2 Å². The minimum Gasteiger partial charge on any atom is -0.334 e. The number of piperazine rings is 1. The van der Waals surface area contributed by atoms with E-state index in [1.54, 1.807) is 16.2 Å². The fourth-order valence-corrected chi connectivity index (χ4v) is 5.75. The number of nitrogens with zero attached hydrogens (tertiary/aromatic N) is 3. The second-order valence-electron chi connectivity index (χ2n) is 9.06. The molecule has 1 aliphatic heterocycles. The van der Waals surface area contributed by atoms with Crippen molar-refractivity contribution in [1.82, 2.24) is 14.4 Å². The third-order valence-electron chi connectivity index (χ3n) is 6.68. The van der Waals surface area contributed by atoms with E-state index in [9.17, 15) is 14.0 Å². The summed E-state index contributed by atoms with van der Waals surface area (Å²) < 4.78 is 15.4. The van der Waals surface area contributed by atoms with Crippen LogP contribution in [0.5, 0.6) is 0 Å². The standard InChI is InChI=1S/C28H28FN3O2S/c1-20-19-30(15-16-31(20)26(33)22-9-11-24(29)12-10-22)27(34)25-18-23-13-17-35-28(23)32(25)14-5-8-21-6-3-2-4-7-21/h2-4,6-7,9-13,17-18,20H,5,8,14-16,19H2,1H3. The number of hydrogen-bond acceptors (Lipinski definition) is 3. The molecule has 4 aromatic rings. The van der Waals surface area contributed by atoms with E-state index in [4.69, 9.17) is 0 Å². The first-order valence-electron chi connectivity index (χ1n) is 12.0. The first-order chi connectivity index (χ1) is 17.0. The van der Waals surface area contributed by atoms with Crippen LogP contribution in [0, 0.1) is 5.82 Å². The molecule has 0 radical (unpaired) electrons. The molecule has 0 spiro atoms. The Bertz CT molecular complexity index is 1330. The predicted molar refractivity (Wildman–Crippen MR) is 137 cm³/mol. The number of hydrogen-bond donors (Lipinski definition) is 0. The molecule has 0 saturated carbocycles.